The lowest BCUT2D eigenvalue weighted by atomic mass is 10.1. The Balaban J connectivity index is 1.49. The fraction of sp³-hybridized carbons (Fsp3) is 0.0714. The number of hydrogen-bond acceptors (Lipinski definition) is 4. The van der Waals surface area contributed by atoms with Gasteiger partial charge in [-0.25, -0.2) is 9.97 Å². The molecule has 0 fully saturated rings. The Bertz CT molecular complexity index is 1340. The monoisotopic (exact) mass is 433 g/mol. The molecule has 0 spiro atoms. The summed E-state index contributed by atoms with van der Waals surface area (Å²) in [5.74, 6) is 2.06. The van der Waals surface area contributed by atoms with Crippen molar-refractivity contribution < 1.29 is 9.15 Å². The summed E-state index contributed by atoms with van der Waals surface area (Å²) >= 11 is 0. The average Bonchev–Trinajstić information content (AvgIpc) is 3.50. The van der Waals surface area contributed by atoms with E-state index in [1.165, 1.54) is 0 Å². The summed E-state index contributed by atoms with van der Waals surface area (Å²) in [7, 11) is 1.67. The van der Waals surface area contributed by atoms with Crippen LogP contribution in [-0.4, -0.2) is 21.6 Å². The van der Waals surface area contributed by atoms with Crippen LogP contribution in [0.15, 0.2) is 95.8 Å². The highest BCUT2D eigenvalue weighted by atomic mass is 16.5. The summed E-state index contributed by atoms with van der Waals surface area (Å²) in [6.45, 7) is 1.96. The standard InChI is InChI=1S/C28H23N3O2/c1-20-18-31(19-29-20)24-15-13-21(17-25(24)32-2)14-16-26-30-27(22-9-5-3-6-10-22)28(33-26)23-11-7-4-8-12-23/h3-19H,1-2H3. The number of hydrogen-bond donors (Lipinski definition) is 0. The quantitative estimate of drug-likeness (QED) is 0.300. The molecule has 0 bridgehead atoms. The van der Waals surface area contributed by atoms with Crippen molar-refractivity contribution in [2.45, 2.75) is 6.92 Å². The smallest absolute Gasteiger partial charge is 0.220 e. The van der Waals surface area contributed by atoms with E-state index in [9.17, 15) is 0 Å². The first kappa shape index (κ1) is 20.5. The van der Waals surface area contributed by atoms with Crippen molar-refractivity contribution in [2.24, 2.45) is 0 Å². The van der Waals surface area contributed by atoms with Gasteiger partial charge in [-0.2, -0.15) is 0 Å². The largest absolute Gasteiger partial charge is 0.495 e. The molecular formula is C28H23N3O2. The third-order valence-electron chi connectivity index (χ3n) is 5.34. The second kappa shape index (κ2) is 9.01. The number of nitrogens with zero attached hydrogens (tertiary/aromatic N) is 3. The van der Waals surface area contributed by atoms with Gasteiger partial charge in [0.05, 0.1) is 24.8 Å². The van der Waals surface area contributed by atoms with Crippen molar-refractivity contribution in [1.82, 2.24) is 14.5 Å². The van der Waals surface area contributed by atoms with E-state index in [1.807, 2.05) is 109 Å². The first-order valence-corrected chi connectivity index (χ1v) is 10.7. The lowest BCUT2D eigenvalue weighted by molar-refractivity contribution is 0.413. The molecule has 5 aromatic rings. The van der Waals surface area contributed by atoms with E-state index in [4.69, 9.17) is 14.1 Å². The number of oxazole rings is 1. The molecule has 33 heavy (non-hydrogen) atoms. The van der Waals surface area contributed by atoms with Gasteiger partial charge in [0.2, 0.25) is 5.89 Å². The molecule has 5 nitrogen and oxygen atoms in total. The minimum atomic E-state index is 0.543. The normalized spacial score (nSPS) is 11.2. The zero-order valence-corrected chi connectivity index (χ0v) is 18.5. The SMILES string of the molecule is COc1cc(C=Cc2nc(-c3ccccc3)c(-c3ccccc3)o2)ccc1-n1cnc(C)c1. The van der Waals surface area contributed by atoms with E-state index in [1.54, 1.807) is 13.4 Å². The van der Waals surface area contributed by atoms with Gasteiger partial charge in [-0.15, -0.1) is 0 Å². The summed E-state index contributed by atoms with van der Waals surface area (Å²) in [6, 6.07) is 26.2. The third-order valence-corrected chi connectivity index (χ3v) is 5.34. The molecule has 0 saturated heterocycles. The van der Waals surface area contributed by atoms with Gasteiger partial charge in [-0.3, -0.25) is 0 Å². The Hall–Kier alpha value is -4.38. The van der Waals surface area contributed by atoms with Crippen LogP contribution in [0.2, 0.25) is 0 Å². The van der Waals surface area contributed by atoms with Crippen LogP contribution in [0.3, 0.4) is 0 Å². The van der Waals surface area contributed by atoms with Crippen molar-refractivity contribution in [3.63, 3.8) is 0 Å². The second-order valence-corrected chi connectivity index (χ2v) is 7.65. The minimum absolute atomic E-state index is 0.543. The highest BCUT2D eigenvalue weighted by molar-refractivity contribution is 5.79. The van der Waals surface area contributed by atoms with E-state index >= 15 is 0 Å². The number of aryl methyl sites for hydroxylation is 1. The van der Waals surface area contributed by atoms with Gasteiger partial charge in [-0.05, 0) is 30.7 Å². The number of methoxy groups -OCH3 is 1. The number of rotatable bonds is 6. The van der Waals surface area contributed by atoms with E-state index in [2.05, 4.69) is 4.98 Å². The Kier molecular flexibility index (Phi) is 5.60. The Labute approximate surface area is 192 Å². The maximum absolute atomic E-state index is 6.19. The molecule has 2 heterocycles. The lowest BCUT2D eigenvalue weighted by Crippen LogP contribution is -1.95. The topological polar surface area (TPSA) is 53.1 Å². The molecular weight excluding hydrogens is 410 g/mol. The number of imidazole rings is 1. The molecule has 5 rings (SSSR count). The average molecular weight is 434 g/mol. The zero-order valence-electron chi connectivity index (χ0n) is 18.5. The molecule has 0 radical (unpaired) electrons. The van der Waals surface area contributed by atoms with Gasteiger partial charge in [0.25, 0.3) is 0 Å². The first-order valence-electron chi connectivity index (χ1n) is 10.7. The van der Waals surface area contributed by atoms with Gasteiger partial charge in [0.1, 0.15) is 11.4 Å². The van der Waals surface area contributed by atoms with Crippen LogP contribution in [0, 0.1) is 6.92 Å². The van der Waals surface area contributed by atoms with Crippen molar-refractivity contribution in [2.75, 3.05) is 7.11 Å². The molecule has 0 saturated carbocycles. The Morgan fingerprint density at radius 3 is 2.27 bits per heavy atom. The van der Waals surface area contributed by atoms with Crippen LogP contribution >= 0.6 is 0 Å². The fourth-order valence-electron chi connectivity index (χ4n) is 3.72. The fourth-order valence-corrected chi connectivity index (χ4v) is 3.72. The summed E-state index contributed by atoms with van der Waals surface area (Å²) in [5, 5.41) is 0. The second-order valence-electron chi connectivity index (χ2n) is 7.65. The van der Waals surface area contributed by atoms with Crippen LogP contribution in [0.25, 0.3) is 40.4 Å². The van der Waals surface area contributed by atoms with Gasteiger partial charge in [0, 0.05) is 23.4 Å². The maximum Gasteiger partial charge on any atom is 0.220 e. The molecule has 0 aliphatic heterocycles. The number of aromatic nitrogens is 3. The van der Waals surface area contributed by atoms with E-state index in [-0.39, 0.29) is 0 Å². The van der Waals surface area contributed by atoms with Crippen molar-refractivity contribution in [3.8, 4) is 34.0 Å². The molecule has 0 aliphatic rings. The summed E-state index contributed by atoms with van der Waals surface area (Å²) < 4.78 is 13.8. The maximum atomic E-state index is 6.19. The highest BCUT2D eigenvalue weighted by Gasteiger charge is 2.15. The predicted octanol–water partition coefficient (Wildman–Crippen LogP) is 6.68. The van der Waals surface area contributed by atoms with Gasteiger partial charge < -0.3 is 13.7 Å². The van der Waals surface area contributed by atoms with Crippen LogP contribution in [0.1, 0.15) is 17.1 Å². The number of ether oxygens (including phenoxy) is 1. The van der Waals surface area contributed by atoms with Gasteiger partial charge in [-0.1, -0.05) is 66.7 Å². The Morgan fingerprint density at radius 2 is 1.61 bits per heavy atom. The van der Waals surface area contributed by atoms with Crippen molar-refractivity contribution in [3.05, 3.63) is 109 Å². The summed E-state index contributed by atoms with van der Waals surface area (Å²) in [6.07, 6.45) is 7.61. The molecule has 0 amide bonds. The molecule has 2 aromatic heterocycles. The van der Waals surface area contributed by atoms with Crippen LogP contribution in [-0.2, 0) is 0 Å². The first-order chi connectivity index (χ1) is 16.2. The zero-order chi connectivity index (χ0) is 22.6. The molecule has 162 valence electrons. The molecule has 0 unspecified atom stereocenters. The molecule has 3 aromatic carbocycles. The summed E-state index contributed by atoms with van der Waals surface area (Å²) in [4.78, 5) is 9.09. The van der Waals surface area contributed by atoms with Gasteiger partial charge in [0.15, 0.2) is 5.76 Å². The third kappa shape index (κ3) is 4.34. The summed E-state index contributed by atoms with van der Waals surface area (Å²) in [5.41, 5.74) is 5.70. The Morgan fingerprint density at radius 1 is 0.879 bits per heavy atom. The molecule has 0 aliphatic carbocycles. The van der Waals surface area contributed by atoms with E-state index in [0.29, 0.717) is 5.89 Å². The van der Waals surface area contributed by atoms with Crippen LogP contribution in [0.4, 0.5) is 0 Å². The van der Waals surface area contributed by atoms with E-state index in [0.717, 1.165) is 45.3 Å². The minimum Gasteiger partial charge on any atom is -0.495 e. The predicted molar refractivity (Wildman–Crippen MR) is 131 cm³/mol. The van der Waals surface area contributed by atoms with Crippen LogP contribution < -0.4 is 4.74 Å². The number of benzene rings is 3. The molecule has 5 heteroatoms. The van der Waals surface area contributed by atoms with Gasteiger partial charge >= 0.3 is 0 Å². The van der Waals surface area contributed by atoms with Crippen molar-refractivity contribution >= 4 is 12.2 Å². The van der Waals surface area contributed by atoms with E-state index < -0.39 is 0 Å². The molecule has 0 N–H and O–H groups in total. The lowest BCUT2D eigenvalue weighted by Gasteiger charge is -2.09. The molecule has 0 atom stereocenters. The highest BCUT2D eigenvalue weighted by Crippen LogP contribution is 2.33. The van der Waals surface area contributed by atoms with Crippen LogP contribution in [0.5, 0.6) is 5.75 Å². The van der Waals surface area contributed by atoms with Crippen molar-refractivity contribution in [1.29, 1.82) is 0 Å².